The van der Waals surface area contributed by atoms with Gasteiger partial charge in [-0.15, -0.1) is 0 Å². The van der Waals surface area contributed by atoms with Gasteiger partial charge in [0.15, 0.2) is 0 Å². The van der Waals surface area contributed by atoms with Gasteiger partial charge in [-0.05, 0) is 103 Å². The van der Waals surface area contributed by atoms with Crippen LogP contribution in [0.5, 0.6) is 0 Å². The number of hydrogen-bond donors (Lipinski definition) is 0. The maximum atomic E-state index is 6.71. The first kappa shape index (κ1) is 26.0. The maximum Gasteiger partial charge on any atom is 0.217 e. The van der Waals surface area contributed by atoms with Gasteiger partial charge < -0.3 is 9.30 Å². The molecular formula is C39H35N3O. The molecule has 3 heterocycles. The third kappa shape index (κ3) is 4.11. The molecule has 1 aliphatic carbocycles. The second-order valence-electron chi connectivity index (χ2n) is 13.0. The van der Waals surface area contributed by atoms with Crippen LogP contribution in [0.3, 0.4) is 0 Å². The molecule has 0 amide bonds. The van der Waals surface area contributed by atoms with E-state index in [4.69, 9.17) is 9.73 Å². The fourth-order valence-electron chi connectivity index (χ4n) is 7.60. The minimum atomic E-state index is 0.0273. The molecule has 0 fully saturated rings. The minimum absolute atomic E-state index is 0.0273. The third-order valence-corrected chi connectivity index (χ3v) is 9.34. The number of hydrogen-bond acceptors (Lipinski definition) is 3. The van der Waals surface area contributed by atoms with Crippen LogP contribution in [0.15, 0.2) is 102 Å². The van der Waals surface area contributed by atoms with Gasteiger partial charge in [0.25, 0.3) is 0 Å². The van der Waals surface area contributed by atoms with Crippen molar-refractivity contribution in [3.8, 4) is 16.9 Å². The first-order valence-corrected chi connectivity index (χ1v) is 15.2. The highest BCUT2D eigenvalue weighted by atomic mass is 16.5. The van der Waals surface area contributed by atoms with Gasteiger partial charge in [-0.25, -0.2) is 4.99 Å². The smallest absolute Gasteiger partial charge is 0.217 e. The van der Waals surface area contributed by atoms with Crippen molar-refractivity contribution in [2.75, 3.05) is 0 Å². The van der Waals surface area contributed by atoms with Crippen molar-refractivity contribution in [1.82, 2.24) is 9.55 Å². The number of aliphatic imine (C=N–C) groups is 1. The van der Waals surface area contributed by atoms with Gasteiger partial charge in [0.2, 0.25) is 5.90 Å². The summed E-state index contributed by atoms with van der Waals surface area (Å²) < 4.78 is 9.09. The first-order chi connectivity index (χ1) is 20.8. The van der Waals surface area contributed by atoms with Crippen LogP contribution in [0.1, 0.15) is 59.7 Å². The van der Waals surface area contributed by atoms with E-state index < -0.39 is 0 Å². The molecule has 0 radical (unpaired) electrons. The summed E-state index contributed by atoms with van der Waals surface area (Å²) >= 11 is 0. The van der Waals surface area contributed by atoms with E-state index in [1.807, 2.05) is 12.3 Å². The van der Waals surface area contributed by atoms with E-state index in [1.165, 1.54) is 44.1 Å². The van der Waals surface area contributed by atoms with Crippen molar-refractivity contribution in [3.05, 3.63) is 131 Å². The summed E-state index contributed by atoms with van der Waals surface area (Å²) in [6.07, 6.45) is 2.88. The summed E-state index contributed by atoms with van der Waals surface area (Å²) in [4.78, 5) is 9.93. The van der Waals surface area contributed by atoms with Crippen LogP contribution < -0.4 is 0 Å². The highest BCUT2D eigenvalue weighted by Gasteiger charge is 2.45. The summed E-state index contributed by atoms with van der Waals surface area (Å²) in [5.74, 6) is 0.746. The number of para-hydroxylation sites is 1. The van der Waals surface area contributed by atoms with Gasteiger partial charge in [0.05, 0.1) is 16.7 Å². The number of rotatable bonds is 3. The van der Waals surface area contributed by atoms with E-state index in [1.54, 1.807) is 0 Å². The van der Waals surface area contributed by atoms with Crippen LogP contribution in [0.2, 0.25) is 0 Å². The number of benzene rings is 4. The molecule has 0 spiro atoms. The Morgan fingerprint density at radius 3 is 2.47 bits per heavy atom. The summed E-state index contributed by atoms with van der Waals surface area (Å²) in [5.41, 5.74) is 13.1. The number of fused-ring (bicyclic) bond motifs is 6. The molecular weight excluding hydrogens is 526 g/mol. The molecule has 4 aromatic carbocycles. The van der Waals surface area contributed by atoms with Gasteiger partial charge in [-0.3, -0.25) is 4.98 Å². The number of pyridine rings is 1. The van der Waals surface area contributed by atoms with Crippen molar-refractivity contribution in [2.45, 2.75) is 58.6 Å². The van der Waals surface area contributed by atoms with Gasteiger partial charge in [0.1, 0.15) is 12.1 Å². The molecule has 0 N–H and O–H groups in total. The lowest BCUT2D eigenvalue weighted by Crippen LogP contribution is -2.35. The zero-order valence-electron chi connectivity index (χ0n) is 25.3. The molecule has 6 aromatic rings. The quantitative estimate of drug-likeness (QED) is 0.216. The van der Waals surface area contributed by atoms with Crippen LogP contribution in [0.25, 0.3) is 38.8 Å². The normalized spacial score (nSPS) is 18.8. The van der Waals surface area contributed by atoms with Crippen molar-refractivity contribution in [2.24, 2.45) is 4.99 Å². The van der Waals surface area contributed by atoms with E-state index >= 15 is 0 Å². The Morgan fingerprint density at radius 1 is 0.767 bits per heavy atom. The maximum absolute atomic E-state index is 6.71. The zero-order valence-corrected chi connectivity index (χ0v) is 25.3. The highest BCUT2D eigenvalue weighted by molar-refractivity contribution is 6.10. The number of nitrogens with zero attached hydrogens (tertiary/aromatic N) is 3. The molecule has 2 aromatic heterocycles. The standard InChI is InChI=1S/C39H35N3O/c1-23-15-16-40-32(19-23)26-13-14-30-29-10-6-7-12-33(29)42(34(30)21-26)28-18-24(2)17-27(20-28)38-41-37-31-11-8-9-25(3)36(31)39(4,5)22-35(37)43-38/h6-21,35,37H,22H2,1-5H3/t35-,37+/m0/s1. The number of aromatic nitrogens is 2. The SMILES string of the molecule is Cc1cc(C2=N[C@@H]3c4cccc(C)c4C(C)(C)C[C@@H]3O2)cc(-n2c3ccccc3c3ccc(-c4cc(C)ccn4)cc32)c1. The molecule has 2 aliphatic rings. The molecule has 0 saturated carbocycles. The van der Waals surface area contributed by atoms with Crippen LogP contribution in [-0.2, 0) is 10.2 Å². The predicted molar refractivity (Wildman–Crippen MR) is 176 cm³/mol. The average molecular weight is 562 g/mol. The largest absolute Gasteiger partial charge is 0.471 e. The lowest BCUT2D eigenvalue weighted by Gasteiger charge is -2.39. The fraction of sp³-hybridized carbons (Fsp3) is 0.231. The second kappa shape index (κ2) is 9.40. The van der Waals surface area contributed by atoms with E-state index in [0.29, 0.717) is 0 Å². The summed E-state index contributed by atoms with van der Waals surface area (Å²) in [6, 6.07) is 32.9. The lowest BCUT2D eigenvalue weighted by molar-refractivity contribution is 0.140. The minimum Gasteiger partial charge on any atom is -0.471 e. The summed E-state index contributed by atoms with van der Waals surface area (Å²) in [7, 11) is 0. The highest BCUT2D eigenvalue weighted by Crippen LogP contribution is 2.48. The Balaban J connectivity index is 1.28. The van der Waals surface area contributed by atoms with Crippen molar-refractivity contribution in [1.29, 1.82) is 0 Å². The topological polar surface area (TPSA) is 39.4 Å². The van der Waals surface area contributed by atoms with Gasteiger partial charge >= 0.3 is 0 Å². The third-order valence-electron chi connectivity index (χ3n) is 9.34. The predicted octanol–water partition coefficient (Wildman–Crippen LogP) is 9.34. The first-order valence-electron chi connectivity index (χ1n) is 15.2. The summed E-state index contributed by atoms with van der Waals surface area (Å²) in [5, 5.41) is 2.46. The second-order valence-corrected chi connectivity index (χ2v) is 13.0. The van der Waals surface area contributed by atoms with E-state index in [0.717, 1.165) is 40.3 Å². The molecule has 4 nitrogen and oxygen atoms in total. The van der Waals surface area contributed by atoms with Crippen LogP contribution in [0, 0.1) is 20.8 Å². The number of ether oxygens (including phenoxy) is 1. The monoisotopic (exact) mass is 561 g/mol. The van der Waals surface area contributed by atoms with E-state index in [2.05, 4.69) is 129 Å². The van der Waals surface area contributed by atoms with Crippen molar-refractivity contribution in [3.63, 3.8) is 0 Å². The lowest BCUT2D eigenvalue weighted by atomic mass is 9.68. The van der Waals surface area contributed by atoms with Crippen LogP contribution in [-0.4, -0.2) is 21.6 Å². The Hall–Kier alpha value is -4.70. The number of aryl methyl sites for hydroxylation is 3. The molecule has 2 atom stereocenters. The van der Waals surface area contributed by atoms with E-state index in [-0.39, 0.29) is 17.6 Å². The molecule has 8 rings (SSSR count). The van der Waals surface area contributed by atoms with Gasteiger partial charge in [-0.2, -0.15) is 0 Å². The van der Waals surface area contributed by atoms with Crippen LogP contribution >= 0.6 is 0 Å². The Labute approximate surface area is 252 Å². The van der Waals surface area contributed by atoms with Gasteiger partial charge in [-0.1, -0.05) is 62.4 Å². The van der Waals surface area contributed by atoms with Crippen molar-refractivity contribution >= 4 is 27.7 Å². The Kier molecular flexibility index (Phi) is 5.68. The molecule has 212 valence electrons. The Bertz CT molecular complexity index is 2120. The molecule has 0 bridgehead atoms. The molecule has 4 heteroatoms. The van der Waals surface area contributed by atoms with Crippen LogP contribution in [0.4, 0.5) is 0 Å². The average Bonchev–Trinajstić information content (AvgIpc) is 3.55. The zero-order chi connectivity index (χ0) is 29.5. The fourth-order valence-corrected chi connectivity index (χ4v) is 7.60. The molecule has 0 unspecified atom stereocenters. The van der Waals surface area contributed by atoms with Crippen molar-refractivity contribution < 1.29 is 4.74 Å². The molecule has 0 saturated heterocycles. The molecule has 43 heavy (non-hydrogen) atoms. The van der Waals surface area contributed by atoms with Gasteiger partial charge in [0, 0.05) is 33.8 Å². The molecule has 1 aliphatic heterocycles. The van der Waals surface area contributed by atoms with E-state index in [9.17, 15) is 0 Å². The Morgan fingerprint density at radius 2 is 1.60 bits per heavy atom. The summed E-state index contributed by atoms with van der Waals surface area (Å²) in [6.45, 7) is 11.2.